The van der Waals surface area contributed by atoms with Crippen molar-refractivity contribution in [1.29, 1.82) is 0 Å². The van der Waals surface area contributed by atoms with Gasteiger partial charge in [0.15, 0.2) is 0 Å². The van der Waals surface area contributed by atoms with E-state index in [0.717, 1.165) is 17.5 Å². The van der Waals surface area contributed by atoms with Crippen molar-refractivity contribution < 1.29 is 9.53 Å². The average Bonchev–Trinajstić information content (AvgIpc) is 2.72. The number of hydrogen-bond donors (Lipinski definition) is 1. The number of carbonyl (C=O) groups is 1. The lowest BCUT2D eigenvalue weighted by Gasteiger charge is -2.18. The van der Waals surface area contributed by atoms with Crippen LogP contribution in [0.4, 0.5) is 0 Å². The Morgan fingerprint density at radius 1 is 1.10 bits per heavy atom. The molecule has 0 spiro atoms. The van der Waals surface area contributed by atoms with Gasteiger partial charge in [-0.05, 0) is 55.5 Å². The molecule has 1 unspecified atom stereocenters. The van der Waals surface area contributed by atoms with Gasteiger partial charge in [0.25, 0.3) is 5.91 Å². The second-order valence-corrected chi connectivity index (χ2v) is 8.28. The van der Waals surface area contributed by atoms with Gasteiger partial charge in [-0.2, -0.15) is 0 Å². The molecule has 30 heavy (non-hydrogen) atoms. The highest BCUT2D eigenvalue weighted by Gasteiger charge is 2.13. The zero-order chi connectivity index (χ0) is 22.6. The van der Waals surface area contributed by atoms with Crippen molar-refractivity contribution in [3.8, 4) is 0 Å². The van der Waals surface area contributed by atoms with Crippen LogP contribution in [0.5, 0.6) is 0 Å². The molecule has 0 aliphatic heterocycles. The zero-order valence-electron chi connectivity index (χ0n) is 19.2. The lowest BCUT2D eigenvalue weighted by atomic mass is 9.92. The van der Waals surface area contributed by atoms with Crippen LogP contribution in [0.25, 0.3) is 0 Å². The van der Waals surface area contributed by atoms with Crippen LogP contribution in [0.3, 0.4) is 0 Å². The van der Waals surface area contributed by atoms with E-state index in [2.05, 4.69) is 37.7 Å². The molecule has 1 atom stereocenters. The molecule has 0 radical (unpaired) electrons. The molecule has 0 aliphatic rings. The van der Waals surface area contributed by atoms with Gasteiger partial charge in [0.2, 0.25) is 5.90 Å². The van der Waals surface area contributed by atoms with Gasteiger partial charge < -0.3 is 10.1 Å². The fraction of sp³-hybridized carbons (Fsp3) is 0.385. The molecule has 1 amide bonds. The minimum absolute atomic E-state index is 0.0125. The number of allylic oxidation sites excluding steroid dienone is 1. The maximum Gasteiger partial charge on any atom is 0.251 e. The van der Waals surface area contributed by atoms with E-state index in [9.17, 15) is 4.79 Å². The smallest absolute Gasteiger partial charge is 0.251 e. The van der Waals surface area contributed by atoms with Crippen LogP contribution in [-0.2, 0) is 4.74 Å². The molecule has 0 aliphatic carbocycles. The van der Waals surface area contributed by atoms with Crippen molar-refractivity contribution in [2.45, 2.75) is 47.1 Å². The molecule has 0 heterocycles. The molecule has 0 aromatic heterocycles. The molecule has 2 rings (SSSR count). The van der Waals surface area contributed by atoms with E-state index >= 15 is 0 Å². The lowest BCUT2D eigenvalue weighted by molar-refractivity contribution is 0.0949. The molecule has 2 aromatic carbocycles. The van der Waals surface area contributed by atoms with Crippen molar-refractivity contribution in [2.24, 2.45) is 10.4 Å². The highest BCUT2D eigenvalue weighted by Crippen LogP contribution is 2.19. The summed E-state index contributed by atoms with van der Waals surface area (Å²) in [4.78, 5) is 17.0. The maximum absolute atomic E-state index is 12.3. The highest BCUT2D eigenvalue weighted by molar-refractivity contribution is 5.97. The Kier molecular flexibility index (Phi) is 10.6. The lowest BCUT2D eigenvalue weighted by Crippen LogP contribution is -2.27. The molecule has 4 nitrogen and oxygen atoms in total. The number of rotatable bonds is 6. The predicted molar refractivity (Wildman–Crippen MR) is 127 cm³/mol. The number of ether oxygens (including phenoxy) is 1. The van der Waals surface area contributed by atoms with Gasteiger partial charge in [-0.3, -0.25) is 4.79 Å². The molecule has 2 aromatic rings. The quantitative estimate of drug-likeness (QED) is 0.351. The summed E-state index contributed by atoms with van der Waals surface area (Å²) in [5.41, 5.74) is 2.82. The summed E-state index contributed by atoms with van der Waals surface area (Å²) < 4.78 is 5.48. The van der Waals surface area contributed by atoms with Crippen molar-refractivity contribution in [3.63, 3.8) is 0 Å². The van der Waals surface area contributed by atoms with Crippen LogP contribution < -0.4 is 5.32 Å². The van der Waals surface area contributed by atoms with E-state index in [1.807, 2.05) is 68.4 Å². The van der Waals surface area contributed by atoms with Gasteiger partial charge in [0.1, 0.15) is 0 Å². The third-order valence-corrected chi connectivity index (χ3v) is 4.34. The van der Waals surface area contributed by atoms with Crippen LogP contribution in [-0.4, -0.2) is 25.5 Å². The third-order valence-electron chi connectivity index (χ3n) is 4.34. The summed E-state index contributed by atoms with van der Waals surface area (Å²) in [5.74, 6) is 0.505. The van der Waals surface area contributed by atoms with Gasteiger partial charge in [-0.25, -0.2) is 4.99 Å². The molecule has 1 N–H and O–H groups in total. The van der Waals surface area contributed by atoms with Crippen LogP contribution in [0.2, 0.25) is 0 Å². The topological polar surface area (TPSA) is 50.7 Å². The summed E-state index contributed by atoms with van der Waals surface area (Å²) in [6, 6.07) is 17.4. The Hall–Kier alpha value is -2.88. The molecule has 0 fully saturated rings. The number of amides is 1. The summed E-state index contributed by atoms with van der Waals surface area (Å²) >= 11 is 0. The molecular formula is C26H36N2O2. The third kappa shape index (κ3) is 9.08. The van der Waals surface area contributed by atoms with Crippen molar-refractivity contribution in [1.82, 2.24) is 5.32 Å². The number of methoxy groups -OCH3 is 1. The summed E-state index contributed by atoms with van der Waals surface area (Å²) in [5, 5.41) is 2.97. The molecule has 0 saturated heterocycles. The van der Waals surface area contributed by atoms with Crippen molar-refractivity contribution >= 4 is 11.8 Å². The maximum atomic E-state index is 12.3. The minimum atomic E-state index is -0.0561. The number of nitrogens with one attached hydrogen (secondary N) is 1. The van der Waals surface area contributed by atoms with E-state index in [1.165, 1.54) is 0 Å². The molecule has 0 saturated carbocycles. The predicted octanol–water partition coefficient (Wildman–Crippen LogP) is 6.20. The number of hydrogen-bond acceptors (Lipinski definition) is 3. The van der Waals surface area contributed by atoms with E-state index in [-0.39, 0.29) is 17.4 Å². The Morgan fingerprint density at radius 3 is 2.13 bits per heavy atom. The zero-order valence-corrected chi connectivity index (χ0v) is 19.2. The van der Waals surface area contributed by atoms with Crippen molar-refractivity contribution in [2.75, 3.05) is 13.7 Å². The number of carbonyl (C=O) groups excluding carboxylic acids is 1. The van der Waals surface area contributed by atoms with Crippen LogP contribution >= 0.6 is 0 Å². The van der Waals surface area contributed by atoms with Crippen LogP contribution in [0.15, 0.2) is 72.2 Å². The van der Waals surface area contributed by atoms with Gasteiger partial charge >= 0.3 is 0 Å². The Labute approximate surface area is 182 Å². The van der Waals surface area contributed by atoms with E-state index in [1.54, 1.807) is 13.2 Å². The first-order valence-electron chi connectivity index (χ1n) is 10.3. The summed E-state index contributed by atoms with van der Waals surface area (Å²) in [6.07, 6.45) is 2.69. The molecule has 0 bridgehead atoms. The van der Waals surface area contributed by atoms with Crippen LogP contribution in [0.1, 0.15) is 68.6 Å². The molecular weight excluding hydrogens is 372 g/mol. The SMILES string of the molecule is C=CC.COC(=NC(C)c1ccccc1)c1ccc(C(=O)NCCC(C)(C)C)cc1. The fourth-order valence-electron chi connectivity index (χ4n) is 2.64. The van der Waals surface area contributed by atoms with E-state index in [0.29, 0.717) is 18.0 Å². The monoisotopic (exact) mass is 408 g/mol. The first-order chi connectivity index (χ1) is 14.2. The largest absolute Gasteiger partial charge is 0.481 e. The Morgan fingerprint density at radius 2 is 1.63 bits per heavy atom. The second kappa shape index (κ2) is 12.6. The summed E-state index contributed by atoms with van der Waals surface area (Å²) in [7, 11) is 1.61. The second-order valence-electron chi connectivity index (χ2n) is 8.28. The standard InChI is InChI=1S/C23H30N2O2.C3H6/c1-17(18-9-7-6-8-10-18)25-22(27-5)20-13-11-19(12-14-20)21(26)24-16-15-23(2,3)4;1-3-2/h6-14,17H,15-16H2,1-5H3,(H,24,26);3H,1H2,2H3. The van der Waals surface area contributed by atoms with Crippen molar-refractivity contribution in [3.05, 3.63) is 83.9 Å². The average molecular weight is 409 g/mol. The van der Waals surface area contributed by atoms with Gasteiger partial charge in [-0.1, -0.05) is 57.2 Å². The fourth-order valence-corrected chi connectivity index (χ4v) is 2.64. The van der Waals surface area contributed by atoms with Gasteiger partial charge in [0, 0.05) is 17.7 Å². The Balaban J connectivity index is 0.00000141. The normalized spacial score (nSPS) is 12.3. The van der Waals surface area contributed by atoms with E-state index in [4.69, 9.17) is 4.74 Å². The highest BCUT2D eigenvalue weighted by atomic mass is 16.5. The summed E-state index contributed by atoms with van der Waals surface area (Å²) in [6.45, 7) is 14.4. The first-order valence-corrected chi connectivity index (χ1v) is 10.3. The van der Waals surface area contributed by atoms with E-state index < -0.39 is 0 Å². The van der Waals surface area contributed by atoms with Gasteiger partial charge in [0.05, 0.1) is 13.2 Å². The number of benzene rings is 2. The molecule has 4 heteroatoms. The van der Waals surface area contributed by atoms with Gasteiger partial charge in [-0.15, -0.1) is 6.58 Å². The molecule has 162 valence electrons. The Bertz CT molecular complexity index is 803. The van der Waals surface area contributed by atoms with Crippen LogP contribution in [0, 0.1) is 5.41 Å². The minimum Gasteiger partial charge on any atom is -0.481 e. The number of aliphatic imine (C=N–C) groups is 1. The number of nitrogens with zero attached hydrogens (tertiary/aromatic N) is 1. The first kappa shape index (κ1) is 25.2.